The van der Waals surface area contributed by atoms with E-state index >= 15 is 0 Å². The second-order valence-electron chi connectivity index (χ2n) is 6.93. The maximum absolute atomic E-state index is 4.99. The van der Waals surface area contributed by atoms with Gasteiger partial charge in [0.1, 0.15) is 0 Å². The Balaban J connectivity index is 0. The Bertz CT molecular complexity index is 294. The Morgan fingerprint density at radius 2 is 0.923 bits per heavy atom. The van der Waals surface area contributed by atoms with E-state index < -0.39 is 13.0 Å². The first-order chi connectivity index (χ1) is 12.4. The van der Waals surface area contributed by atoms with Crippen molar-refractivity contribution in [3.8, 4) is 0 Å². The highest BCUT2D eigenvalue weighted by Gasteiger charge is 2.34. The van der Waals surface area contributed by atoms with Gasteiger partial charge in [-0.25, -0.2) is 0 Å². The van der Waals surface area contributed by atoms with Crippen LogP contribution in [-0.2, 0) is 33.1 Å². The van der Waals surface area contributed by atoms with E-state index in [2.05, 4.69) is 27.7 Å². The summed E-state index contributed by atoms with van der Waals surface area (Å²) in [5.74, 6) is 0. The van der Waals surface area contributed by atoms with E-state index in [4.69, 9.17) is 33.1 Å². The van der Waals surface area contributed by atoms with Crippen LogP contribution in [0.5, 0.6) is 0 Å². The minimum absolute atomic E-state index is 0.542. The summed E-state index contributed by atoms with van der Waals surface area (Å²) in [6.45, 7) is 14.2. The molecule has 0 radical (unpaired) electrons. The third kappa shape index (κ3) is 17.4. The predicted octanol–water partition coefficient (Wildman–Crippen LogP) is 8.04. The summed E-state index contributed by atoms with van der Waals surface area (Å²) in [5, 5.41) is 0. The summed E-state index contributed by atoms with van der Waals surface area (Å²) >= 11 is 9.65. The molecule has 0 rings (SSSR count). The van der Waals surface area contributed by atoms with Crippen LogP contribution in [-0.4, -0.2) is 37.9 Å². The van der Waals surface area contributed by atoms with Crippen molar-refractivity contribution >= 4 is 37.0 Å². The van der Waals surface area contributed by atoms with Crippen molar-refractivity contribution < 1.29 is 9.05 Å². The lowest BCUT2D eigenvalue weighted by Crippen LogP contribution is -2.12. The van der Waals surface area contributed by atoms with E-state index in [0.29, 0.717) is 13.2 Å². The average Bonchev–Trinajstić information content (AvgIpc) is 2.61. The molecule has 160 valence electrons. The van der Waals surface area contributed by atoms with E-state index in [1.807, 2.05) is 13.8 Å². The van der Waals surface area contributed by atoms with Crippen molar-refractivity contribution in [2.24, 2.45) is 0 Å². The van der Waals surface area contributed by atoms with E-state index in [1.165, 1.54) is 51.4 Å². The van der Waals surface area contributed by atoms with Gasteiger partial charge in [-0.3, -0.25) is 0 Å². The number of unbranched alkanes of at least 4 members (excludes halogenated alkanes) is 4. The molecule has 26 heavy (non-hydrogen) atoms. The fourth-order valence-corrected chi connectivity index (χ4v) is 10.3. The summed E-state index contributed by atoms with van der Waals surface area (Å²) in [6, 6.07) is 0. The largest absolute Gasteiger partial charge is 0.691 e. The molecule has 0 spiro atoms. The highest BCUT2D eigenvalue weighted by Crippen LogP contribution is 2.61. The SMILES string of the molecule is CCCC[P+](CCCC)(CCCC)CCCC.CCOP(=S)([S-])OCC. The number of hydrogen-bond acceptors (Lipinski definition) is 4. The maximum Gasteiger partial charge on any atom is 0.0594 e. The fraction of sp³-hybridized carbons (Fsp3) is 1.00. The van der Waals surface area contributed by atoms with Gasteiger partial charge in [-0.15, -0.1) is 0 Å². The summed E-state index contributed by atoms with van der Waals surface area (Å²) in [6.07, 6.45) is 17.9. The molecule has 0 aromatic carbocycles. The van der Waals surface area contributed by atoms with Gasteiger partial charge in [0, 0.05) is 20.5 Å². The molecular formula is C20H46O2P2S2. The van der Waals surface area contributed by atoms with Gasteiger partial charge in [0.15, 0.2) is 0 Å². The van der Waals surface area contributed by atoms with Crippen LogP contribution in [0.4, 0.5) is 0 Å². The van der Waals surface area contributed by atoms with Gasteiger partial charge in [0.05, 0.1) is 30.3 Å². The molecule has 0 bridgehead atoms. The first-order valence-electron chi connectivity index (χ1n) is 10.8. The topological polar surface area (TPSA) is 18.5 Å². The van der Waals surface area contributed by atoms with Gasteiger partial charge in [-0.2, -0.15) is 0 Å². The first-order valence-corrected chi connectivity index (χ1v) is 17.0. The van der Waals surface area contributed by atoms with Crippen LogP contribution in [0.15, 0.2) is 0 Å². The van der Waals surface area contributed by atoms with Crippen molar-refractivity contribution in [2.45, 2.75) is 92.9 Å². The molecule has 0 aliphatic rings. The molecule has 0 aromatic heterocycles. The van der Waals surface area contributed by atoms with Crippen LogP contribution >= 0.6 is 13.0 Å². The Kier molecular flexibility index (Phi) is 22.3. The maximum atomic E-state index is 4.99. The second kappa shape index (κ2) is 19.7. The molecule has 0 unspecified atom stereocenters. The average molecular weight is 445 g/mol. The number of hydrogen-bond donors (Lipinski definition) is 0. The van der Waals surface area contributed by atoms with Crippen LogP contribution in [0.1, 0.15) is 92.9 Å². The lowest BCUT2D eigenvalue weighted by Gasteiger charge is -2.28. The molecule has 0 saturated carbocycles. The summed E-state index contributed by atoms with van der Waals surface area (Å²) in [5.41, 5.74) is -2.28. The Morgan fingerprint density at radius 1 is 0.654 bits per heavy atom. The van der Waals surface area contributed by atoms with Gasteiger partial charge >= 0.3 is 0 Å². The molecule has 6 heteroatoms. The molecular weight excluding hydrogens is 398 g/mol. The lowest BCUT2D eigenvalue weighted by molar-refractivity contribution is 0.281. The third-order valence-corrected chi connectivity index (χ3v) is 12.0. The third-order valence-electron chi connectivity index (χ3n) is 4.52. The summed E-state index contributed by atoms with van der Waals surface area (Å²) < 4.78 is 9.98. The number of rotatable bonds is 16. The minimum atomic E-state index is -2.28. The van der Waals surface area contributed by atoms with Gasteiger partial charge in [-0.05, 0) is 39.5 Å². The van der Waals surface area contributed by atoms with Crippen molar-refractivity contribution in [1.29, 1.82) is 0 Å². The fourth-order valence-electron chi connectivity index (χ4n) is 3.00. The zero-order valence-corrected chi connectivity index (χ0v) is 21.8. The Hall–Kier alpha value is 1.35. The molecule has 0 saturated heterocycles. The molecule has 0 atom stereocenters. The summed E-state index contributed by atoms with van der Waals surface area (Å²) in [4.78, 5) is 0. The molecule has 0 N–H and O–H groups in total. The molecule has 0 aromatic rings. The highest BCUT2D eigenvalue weighted by molar-refractivity contribution is 8.51. The Morgan fingerprint density at radius 3 is 1.12 bits per heavy atom. The van der Waals surface area contributed by atoms with Crippen LogP contribution in [0.2, 0.25) is 0 Å². The first kappa shape index (κ1) is 29.6. The van der Waals surface area contributed by atoms with Crippen molar-refractivity contribution in [3.63, 3.8) is 0 Å². The van der Waals surface area contributed by atoms with Crippen molar-refractivity contribution in [3.05, 3.63) is 0 Å². The molecule has 2 nitrogen and oxygen atoms in total. The van der Waals surface area contributed by atoms with Crippen molar-refractivity contribution in [2.75, 3.05) is 37.9 Å². The van der Waals surface area contributed by atoms with Gasteiger partial charge in [-0.1, -0.05) is 65.2 Å². The van der Waals surface area contributed by atoms with Crippen molar-refractivity contribution in [1.82, 2.24) is 0 Å². The summed E-state index contributed by atoms with van der Waals surface area (Å²) in [7, 11) is -0.562. The minimum Gasteiger partial charge on any atom is -0.691 e. The molecule has 0 aliphatic heterocycles. The van der Waals surface area contributed by atoms with Gasteiger partial charge < -0.3 is 21.3 Å². The van der Waals surface area contributed by atoms with Crippen LogP contribution < -0.4 is 0 Å². The van der Waals surface area contributed by atoms with Gasteiger partial charge in [0.2, 0.25) is 0 Å². The smallest absolute Gasteiger partial charge is 0.0594 e. The Labute approximate surface area is 176 Å². The predicted molar refractivity (Wildman–Crippen MR) is 131 cm³/mol. The molecule has 0 fully saturated rings. The van der Waals surface area contributed by atoms with Gasteiger partial charge in [0.25, 0.3) is 0 Å². The second-order valence-corrected chi connectivity index (χ2v) is 16.4. The lowest BCUT2D eigenvalue weighted by atomic mass is 10.4. The molecule has 0 amide bonds. The molecule has 0 heterocycles. The normalized spacial score (nSPS) is 12.0. The zero-order valence-electron chi connectivity index (χ0n) is 18.4. The van der Waals surface area contributed by atoms with Crippen LogP contribution in [0.25, 0.3) is 0 Å². The van der Waals surface area contributed by atoms with Crippen LogP contribution in [0.3, 0.4) is 0 Å². The van der Waals surface area contributed by atoms with E-state index in [9.17, 15) is 0 Å². The van der Waals surface area contributed by atoms with Crippen LogP contribution in [0, 0.1) is 0 Å². The van der Waals surface area contributed by atoms with E-state index in [0.717, 1.165) is 0 Å². The zero-order chi connectivity index (χ0) is 20.3. The van der Waals surface area contributed by atoms with E-state index in [1.54, 1.807) is 24.6 Å². The van der Waals surface area contributed by atoms with E-state index in [-0.39, 0.29) is 0 Å². The quantitative estimate of drug-likeness (QED) is 0.177. The standard InChI is InChI=1S/C16H36P.C4H11O2PS2/c1-5-9-13-17(14-10-6-2,15-11-7-3)16-12-8-4;1-3-5-7(8,9)6-4-2/h5-16H2,1-4H3;3-4H2,1-2H3,(H,8,9)/q+1;/p-1. The highest BCUT2D eigenvalue weighted by atomic mass is 32.9. The monoisotopic (exact) mass is 444 g/mol. The molecule has 0 aliphatic carbocycles.